The number of anilines is 2. The lowest BCUT2D eigenvalue weighted by Crippen LogP contribution is -2.29. The van der Waals surface area contributed by atoms with Crippen molar-refractivity contribution in [1.29, 1.82) is 0 Å². The molecular weight excluding hydrogens is 324 g/mol. The number of hydrogen-bond donors (Lipinski definition) is 1. The van der Waals surface area contributed by atoms with E-state index in [1.54, 1.807) is 7.11 Å². The Hall–Kier alpha value is -2.04. The minimum atomic E-state index is 0.116. The molecule has 1 aliphatic rings. The summed E-state index contributed by atoms with van der Waals surface area (Å²) in [6.07, 6.45) is 1.32. The van der Waals surface area contributed by atoms with Gasteiger partial charge in [0, 0.05) is 36.6 Å². The van der Waals surface area contributed by atoms with Crippen LogP contribution in [0.5, 0.6) is 0 Å². The SMILES string of the molecule is COCCC(=O)N1CCc2ccc(NCc3ccc(Cl)cc3)cc21. The lowest BCUT2D eigenvalue weighted by molar-refractivity contribution is -0.119. The van der Waals surface area contributed by atoms with E-state index in [2.05, 4.69) is 23.5 Å². The number of rotatable bonds is 6. The van der Waals surface area contributed by atoms with Gasteiger partial charge in [-0.2, -0.15) is 0 Å². The zero-order chi connectivity index (χ0) is 16.9. The zero-order valence-corrected chi connectivity index (χ0v) is 14.5. The molecule has 4 nitrogen and oxygen atoms in total. The van der Waals surface area contributed by atoms with E-state index in [9.17, 15) is 4.79 Å². The first-order chi connectivity index (χ1) is 11.7. The van der Waals surface area contributed by atoms with Gasteiger partial charge in [-0.15, -0.1) is 0 Å². The number of carbonyl (C=O) groups is 1. The Labute approximate surface area is 147 Å². The number of hydrogen-bond acceptors (Lipinski definition) is 3. The molecule has 24 heavy (non-hydrogen) atoms. The van der Waals surface area contributed by atoms with E-state index >= 15 is 0 Å². The molecule has 0 fully saturated rings. The van der Waals surface area contributed by atoms with Crippen LogP contribution in [-0.4, -0.2) is 26.2 Å². The number of fused-ring (bicyclic) bond motifs is 1. The van der Waals surface area contributed by atoms with Gasteiger partial charge in [-0.3, -0.25) is 4.79 Å². The van der Waals surface area contributed by atoms with Gasteiger partial charge >= 0.3 is 0 Å². The maximum atomic E-state index is 12.3. The molecule has 5 heteroatoms. The fraction of sp³-hybridized carbons (Fsp3) is 0.316. The summed E-state index contributed by atoms with van der Waals surface area (Å²) >= 11 is 5.91. The second kappa shape index (κ2) is 7.69. The van der Waals surface area contributed by atoms with Crippen LogP contribution in [-0.2, 0) is 22.5 Å². The van der Waals surface area contributed by atoms with Crippen molar-refractivity contribution in [2.24, 2.45) is 0 Å². The number of nitrogens with one attached hydrogen (secondary N) is 1. The van der Waals surface area contributed by atoms with E-state index in [1.165, 1.54) is 5.56 Å². The Morgan fingerprint density at radius 2 is 2.04 bits per heavy atom. The largest absolute Gasteiger partial charge is 0.384 e. The fourth-order valence-corrected chi connectivity index (χ4v) is 3.00. The van der Waals surface area contributed by atoms with Crippen LogP contribution in [0.3, 0.4) is 0 Å². The molecular formula is C19H21ClN2O2. The Morgan fingerprint density at radius 1 is 1.25 bits per heavy atom. The molecule has 0 spiro atoms. The van der Waals surface area contributed by atoms with Gasteiger partial charge in [-0.1, -0.05) is 29.8 Å². The molecule has 1 aliphatic heterocycles. The zero-order valence-electron chi connectivity index (χ0n) is 13.7. The second-order valence-corrected chi connectivity index (χ2v) is 6.30. The summed E-state index contributed by atoms with van der Waals surface area (Å²) in [7, 11) is 1.62. The van der Waals surface area contributed by atoms with Crippen LogP contribution in [0, 0.1) is 0 Å². The quantitative estimate of drug-likeness (QED) is 0.864. The Kier molecular flexibility index (Phi) is 5.38. The highest BCUT2D eigenvalue weighted by Gasteiger charge is 2.24. The highest BCUT2D eigenvalue weighted by molar-refractivity contribution is 6.30. The van der Waals surface area contributed by atoms with Crippen LogP contribution < -0.4 is 10.2 Å². The summed E-state index contributed by atoms with van der Waals surface area (Å²) in [5.74, 6) is 0.116. The van der Waals surface area contributed by atoms with Crippen LogP contribution in [0.15, 0.2) is 42.5 Å². The fourth-order valence-electron chi connectivity index (χ4n) is 2.88. The molecule has 3 rings (SSSR count). The van der Waals surface area contributed by atoms with E-state index in [0.717, 1.165) is 34.9 Å². The molecule has 2 aromatic rings. The number of methoxy groups -OCH3 is 1. The van der Waals surface area contributed by atoms with Crippen LogP contribution >= 0.6 is 11.6 Å². The van der Waals surface area contributed by atoms with Crippen molar-refractivity contribution in [3.63, 3.8) is 0 Å². The van der Waals surface area contributed by atoms with Crippen molar-refractivity contribution in [1.82, 2.24) is 0 Å². The summed E-state index contributed by atoms with van der Waals surface area (Å²) in [4.78, 5) is 14.2. The molecule has 0 saturated heterocycles. The number of ether oxygens (including phenoxy) is 1. The standard InChI is InChI=1S/C19H21ClN2O2/c1-24-11-9-19(23)22-10-8-15-4-7-17(12-18(15)22)21-13-14-2-5-16(20)6-3-14/h2-7,12,21H,8-11,13H2,1H3. The molecule has 0 bridgehead atoms. The second-order valence-electron chi connectivity index (χ2n) is 5.86. The maximum Gasteiger partial charge on any atom is 0.229 e. The van der Waals surface area contributed by atoms with Crippen molar-refractivity contribution < 1.29 is 9.53 Å². The summed E-state index contributed by atoms with van der Waals surface area (Å²) in [5.41, 5.74) is 4.40. The van der Waals surface area contributed by atoms with Crippen LogP contribution in [0.25, 0.3) is 0 Å². The molecule has 1 N–H and O–H groups in total. The van der Waals surface area contributed by atoms with E-state index in [1.807, 2.05) is 29.2 Å². The Morgan fingerprint density at radius 3 is 2.79 bits per heavy atom. The molecule has 1 heterocycles. The molecule has 126 valence electrons. The molecule has 0 unspecified atom stereocenters. The summed E-state index contributed by atoms with van der Waals surface area (Å²) in [6.45, 7) is 1.92. The maximum absolute atomic E-state index is 12.3. The monoisotopic (exact) mass is 344 g/mol. The highest BCUT2D eigenvalue weighted by atomic mass is 35.5. The molecule has 0 saturated carbocycles. The van der Waals surface area contributed by atoms with Gasteiger partial charge in [0.05, 0.1) is 13.0 Å². The lowest BCUT2D eigenvalue weighted by atomic mass is 10.1. The average molecular weight is 345 g/mol. The van der Waals surface area contributed by atoms with Crippen LogP contribution in [0.2, 0.25) is 5.02 Å². The van der Waals surface area contributed by atoms with E-state index in [4.69, 9.17) is 16.3 Å². The third-order valence-corrected chi connectivity index (χ3v) is 4.46. The first kappa shape index (κ1) is 16.8. The molecule has 2 aromatic carbocycles. The van der Waals surface area contributed by atoms with Crippen molar-refractivity contribution in [3.8, 4) is 0 Å². The molecule has 0 aromatic heterocycles. The van der Waals surface area contributed by atoms with Crippen LogP contribution in [0.1, 0.15) is 17.5 Å². The minimum Gasteiger partial charge on any atom is -0.384 e. The number of halogens is 1. The average Bonchev–Trinajstić information content (AvgIpc) is 3.02. The van der Waals surface area contributed by atoms with E-state index in [-0.39, 0.29) is 5.91 Å². The van der Waals surface area contributed by atoms with E-state index < -0.39 is 0 Å². The van der Waals surface area contributed by atoms with Crippen molar-refractivity contribution in [2.45, 2.75) is 19.4 Å². The molecule has 0 aliphatic carbocycles. The van der Waals surface area contributed by atoms with Gasteiger partial charge in [0.25, 0.3) is 0 Å². The van der Waals surface area contributed by atoms with Crippen molar-refractivity contribution >= 4 is 28.9 Å². The third-order valence-electron chi connectivity index (χ3n) is 4.21. The van der Waals surface area contributed by atoms with Gasteiger partial charge in [0.2, 0.25) is 5.91 Å². The van der Waals surface area contributed by atoms with Crippen molar-refractivity contribution in [3.05, 3.63) is 58.6 Å². The van der Waals surface area contributed by atoms with E-state index in [0.29, 0.717) is 19.6 Å². The lowest BCUT2D eigenvalue weighted by Gasteiger charge is -2.18. The Balaban J connectivity index is 1.68. The topological polar surface area (TPSA) is 41.6 Å². The van der Waals surface area contributed by atoms with Gasteiger partial charge in [-0.25, -0.2) is 0 Å². The van der Waals surface area contributed by atoms with Gasteiger partial charge < -0.3 is 15.0 Å². The normalized spacial score (nSPS) is 13.0. The highest BCUT2D eigenvalue weighted by Crippen LogP contribution is 2.31. The summed E-state index contributed by atoms with van der Waals surface area (Å²) in [5, 5.41) is 4.14. The number of benzene rings is 2. The summed E-state index contributed by atoms with van der Waals surface area (Å²) in [6, 6.07) is 14.0. The first-order valence-corrected chi connectivity index (χ1v) is 8.46. The van der Waals surface area contributed by atoms with Gasteiger partial charge in [0.1, 0.15) is 0 Å². The number of nitrogens with zero attached hydrogens (tertiary/aromatic N) is 1. The molecule has 0 atom stereocenters. The predicted molar refractivity (Wildman–Crippen MR) is 97.8 cm³/mol. The molecule has 1 amide bonds. The van der Waals surface area contributed by atoms with Gasteiger partial charge in [0.15, 0.2) is 0 Å². The third kappa shape index (κ3) is 3.89. The Bertz CT molecular complexity index is 716. The summed E-state index contributed by atoms with van der Waals surface area (Å²) < 4.78 is 5.01. The van der Waals surface area contributed by atoms with Gasteiger partial charge in [-0.05, 0) is 41.8 Å². The first-order valence-electron chi connectivity index (χ1n) is 8.08. The number of carbonyl (C=O) groups excluding carboxylic acids is 1. The predicted octanol–water partition coefficient (Wildman–Crippen LogP) is 3.88. The van der Waals surface area contributed by atoms with Crippen molar-refractivity contribution in [2.75, 3.05) is 30.5 Å². The smallest absolute Gasteiger partial charge is 0.229 e. The number of amides is 1. The molecule has 0 radical (unpaired) electrons. The minimum absolute atomic E-state index is 0.116. The van der Waals surface area contributed by atoms with Crippen LogP contribution in [0.4, 0.5) is 11.4 Å².